The average Bonchev–Trinajstić information content (AvgIpc) is 2.38. The fourth-order valence-electron chi connectivity index (χ4n) is 2.63. The summed E-state index contributed by atoms with van der Waals surface area (Å²) in [6.45, 7) is 4.61. The van der Waals surface area contributed by atoms with Crippen molar-refractivity contribution in [1.29, 1.82) is 0 Å². The summed E-state index contributed by atoms with van der Waals surface area (Å²) in [5.74, 6) is 0.674. The molecule has 0 bridgehead atoms. The molecule has 0 unspecified atom stereocenters. The number of hydrogen-bond acceptors (Lipinski definition) is 2. The predicted molar refractivity (Wildman–Crippen MR) is 80.6 cm³/mol. The van der Waals surface area contributed by atoms with E-state index < -0.39 is 0 Å². The Kier molecular flexibility index (Phi) is 4.40. The van der Waals surface area contributed by atoms with Gasteiger partial charge in [-0.2, -0.15) is 0 Å². The van der Waals surface area contributed by atoms with Crippen molar-refractivity contribution in [2.75, 3.05) is 14.2 Å². The molecule has 106 valence electrons. The molecule has 0 aromatic heterocycles. The Balaban J connectivity index is 2.56. The third kappa shape index (κ3) is 2.83. The first-order valence-corrected chi connectivity index (χ1v) is 6.65. The van der Waals surface area contributed by atoms with E-state index in [1.54, 1.807) is 19.2 Å². The van der Waals surface area contributed by atoms with Crippen LogP contribution in [0.1, 0.15) is 16.7 Å². The number of aryl methyl sites for hydroxylation is 2. The Bertz CT molecular complexity index is 599. The first-order chi connectivity index (χ1) is 9.56. The lowest BCUT2D eigenvalue weighted by molar-refractivity contribution is 0.408. The number of methoxy groups -OCH3 is 1. The molecule has 3 heteroatoms. The molecule has 1 N–H and O–H groups in total. The average molecular weight is 273 g/mol. The molecule has 0 amide bonds. The quantitative estimate of drug-likeness (QED) is 0.914. The highest BCUT2D eigenvalue weighted by molar-refractivity contribution is 5.72. The fraction of sp³-hybridized carbons (Fsp3) is 0.294. The zero-order valence-corrected chi connectivity index (χ0v) is 12.4. The van der Waals surface area contributed by atoms with Gasteiger partial charge in [0.25, 0.3) is 0 Å². The van der Waals surface area contributed by atoms with E-state index in [1.807, 2.05) is 33.0 Å². The van der Waals surface area contributed by atoms with Crippen molar-refractivity contribution in [1.82, 2.24) is 5.32 Å². The minimum atomic E-state index is -0.187. The van der Waals surface area contributed by atoms with Gasteiger partial charge >= 0.3 is 0 Å². The molecule has 0 heterocycles. The zero-order chi connectivity index (χ0) is 14.7. The highest BCUT2D eigenvalue weighted by Gasteiger charge is 2.10. The number of hydrogen-bond donors (Lipinski definition) is 1. The lowest BCUT2D eigenvalue weighted by Crippen LogP contribution is -2.07. The maximum Gasteiger partial charge on any atom is 0.123 e. The largest absolute Gasteiger partial charge is 0.496 e. The van der Waals surface area contributed by atoms with E-state index in [1.165, 1.54) is 0 Å². The van der Waals surface area contributed by atoms with Crippen LogP contribution in [0.5, 0.6) is 5.75 Å². The summed E-state index contributed by atoms with van der Waals surface area (Å²) in [7, 11) is 3.57. The first-order valence-electron chi connectivity index (χ1n) is 6.65. The molecule has 0 aliphatic heterocycles. The van der Waals surface area contributed by atoms with Gasteiger partial charge in [-0.3, -0.25) is 0 Å². The minimum Gasteiger partial charge on any atom is -0.496 e. The molecule has 0 atom stereocenters. The molecular weight excluding hydrogens is 253 g/mol. The molecular formula is C17H20FNO. The molecule has 0 radical (unpaired) electrons. The third-order valence-corrected chi connectivity index (χ3v) is 3.43. The smallest absolute Gasteiger partial charge is 0.123 e. The van der Waals surface area contributed by atoms with Crippen LogP contribution >= 0.6 is 0 Å². The Labute approximate surface area is 119 Å². The third-order valence-electron chi connectivity index (χ3n) is 3.43. The fourth-order valence-corrected chi connectivity index (χ4v) is 2.63. The summed E-state index contributed by atoms with van der Waals surface area (Å²) in [5.41, 5.74) is 5.17. The van der Waals surface area contributed by atoms with Crippen molar-refractivity contribution in [2.24, 2.45) is 0 Å². The lowest BCUT2D eigenvalue weighted by atomic mass is 9.94. The summed E-state index contributed by atoms with van der Waals surface area (Å²) in [4.78, 5) is 0. The van der Waals surface area contributed by atoms with Crippen LogP contribution in [0.4, 0.5) is 4.39 Å². The number of halogens is 1. The monoisotopic (exact) mass is 273 g/mol. The Hall–Kier alpha value is -1.87. The van der Waals surface area contributed by atoms with E-state index in [9.17, 15) is 4.39 Å². The van der Waals surface area contributed by atoms with Crippen LogP contribution in [-0.2, 0) is 6.54 Å². The van der Waals surface area contributed by atoms with Crippen LogP contribution < -0.4 is 10.1 Å². The molecule has 0 aliphatic rings. The van der Waals surface area contributed by atoms with Crippen LogP contribution in [0.15, 0.2) is 30.3 Å². The van der Waals surface area contributed by atoms with E-state index in [-0.39, 0.29) is 5.82 Å². The second-order valence-electron chi connectivity index (χ2n) is 4.97. The highest BCUT2D eigenvalue weighted by Crippen LogP contribution is 2.31. The molecule has 2 aromatic rings. The normalized spacial score (nSPS) is 10.7. The number of benzene rings is 2. The maximum absolute atomic E-state index is 13.4. The van der Waals surface area contributed by atoms with Crippen molar-refractivity contribution < 1.29 is 9.13 Å². The second-order valence-corrected chi connectivity index (χ2v) is 4.97. The van der Waals surface area contributed by atoms with Gasteiger partial charge in [0.05, 0.1) is 7.11 Å². The first kappa shape index (κ1) is 14.5. The zero-order valence-electron chi connectivity index (χ0n) is 12.4. The summed E-state index contributed by atoms with van der Waals surface area (Å²) in [6.07, 6.45) is 0. The SMILES string of the molecule is CNCc1cc(-c2c(C)cc(F)cc2C)ccc1OC. The van der Waals surface area contributed by atoms with Crippen LogP contribution in [0, 0.1) is 19.7 Å². The summed E-state index contributed by atoms with van der Waals surface area (Å²) in [6, 6.07) is 9.23. The van der Waals surface area contributed by atoms with Gasteiger partial charge in [-0.1, -0.05) is 6.07 Å². The van der Waals surface area contributed by atoms with Gasteiger partial charge in [-0.05, 0) is 67.4 Å². The Morgan fingerprint density at radius 1 is 1.10 bits per heavy atom. The molecule has 0 spiro atoms. The highest BCUT2D eigenvalue weighted by atomic mass is 19.1. The molecule has 2 rings (SSSR count). The van der Waals surface area contributed by atoms with Gasteiger partial charge in [0.1, 0.15) is 11.6 Å². The van der Waals surface area contributed by atoms with E-state index in [0.29, 0.717) is 0 Å². The van der Waals surface area contributed by atoms with Crippen molar-refractivity contribution >= 4 is 0 Å². The molecule has 0 fully saturated rings. The molecule has 2 nitrogen and oxygen atoms in total. The van der Waals surface area contributed by atoms with Crippen molar-refractivity contribution in [3.63, 3.8) is 0 Å². The van der Waals surface area contributed by atoms with Gasteiger partial charge in [-0.25, -0.2) is 4.39 Å². The number of ether oxygens (including phenoxy) is 1. The molecule has 0 aliphatic carbocycles. The summed E-state index contributed by atoms with van der Waals surface area (Å²) in [5, 5.41) is 3.14. The van der Waals surface area contributed by atoms with Crippen molar-refractivity contribution in [3.8, 4) is 16.9 Å². The van der Waals surface area contributed by atoms with Gasteiger partial charge < -0.3 is 10.1 Å². The van der Waals surface area contributed by atoms with E-state index >= 15 is 0 Å². The minimum absolute atomic E-state index is 0.187. The molecule has 2 aromatic carbocycles. The van der Waals surface area contributed by atoms with Crippen LogP contribution in [0.2, 0.25) is 0 Å². The van der Waals surface area contributed by atoms with Crippen molar-refractivity contribution in [2.45, 2.75) is 20.4 Å². The van der Waals surface area contributed by atoms with Gasteiger partial charge in [0.15, 0.2) is 0 Å². The van der Waals surface area contributed by atoms with Gasteiger partial charge in [0.2, 0.25) is 0 Å². The molecule has 0 saturated heterocycles. The van der Waals surface area contributed by atoms with E-state index in [0.717, 1.165) is 40.1 Å². The van der Waals surface area contributed by atoms with Gasteiger partial charge in [0, 0.05) is 12.1 Å². The van der Waals surface area contributed by atoms with Crippen LogP contribution in [-0.4, -0.2) is 14.2 Å². The second kappa shape index (κ2) is 6.06. The summed E-state index contributed by atoms with van der Waals surface area (Å²) < 4.78 is 18.8. The predicted octanol–water partition coefficient (Wildman–Crippen LogP) is 3.84. The number of rotatable bonds is 4. The van der Waals surface area contributed by atoms with Crippen molar-refractivity contribution in [3.05, 3.63) is 52.8 Å². The molecule has 0 saturated carbocycles. The Morgan fingerprint density at radius 3 is 2.30 bits per heavy atom. The summed E-state index contributed by atoms with van der Waals surface area (Å²) >= 11 is 0. The number of nitrogens with one attached hydrogen (secondary N) is 1. The lowest BCUT2D eigenvalue weighted by Gasteiger charge is -2.14. The molecule has 20 heavy (non-hydrogen) atoms. The van der Waals surface area contributed by atoms with Crippen LogP contribution in [0.25, 0.3) is 11.1 Å². The van der Waals surface area contributed by atoms with E-state index in [2.05, 4.69) is 11.4 Å². The van der Waals surface area contributed by atoms with E-state index in [4.69, 9.17) is 4.74 Å². The standard InChI is InChI=1S/C17H20FNO/c1-11-7-15(18)8-12(2)17(11)13-5-6-16(20-4)14(9-13)10-19-3/h5-9,19H,10H2,1-4H3. The maximum atomic E-state index is 13.4. The topological polar surface area (TPSA) is 21.3 Å². The van der Waals surface area contributed by atoms with Gasteiger partial charge in [-0.15, -0.1) is 0 Å². The Morgan fingerprint density at radius 2 is 1.75 bits per heavy atom. The van der Waals surface area contributed by atoms with Crippen LogP contribution in [0.3, 0.4) is 0 Å².